The van der Waals surface area contributed by atoms with Gasteiger partial charge in [-0.1, -0.05) is 61.0 Å². The molecule has 0 radical (unpaired) electrons. The van der Waals surface area contributed by atoms with Crippen molar-refractivity contribution in [2.75, 3.05) is 6.61 Å². The van der Waals surface area contributed by atoms with Gasteiger partial charge in [-0.2, -0.15) is 5.10 Å². The highest BCUT2D eigenvalue weighted by Crippen LogP contribution is 2.44. The lowest BCUT2D eigenvalue weighted by Crippen LogP contribution is -2.29. The summed E-state index contributed by atoms with van der Waals surface area (Å²) in [6.45, 7) is 5.07. The molecule has 6 heteroatoms. The van der Waals surface area contributed by atoms with Crippen molar-refractivity contribution in [3.8, 4) is 17.0 Å². The van der Waals surface area contributed by atoms with Crippen molar-refractivity contribution in [3.05, 3.63) is 107 Å². The Hall–Kier alpha value is -3.93. The zero-order chi connectivity index (χ0) is 23.7. The molecular formula is C28H26FN3O2. The Morgan fingerprint density at radius 3 is 2.56 bits per heavy atom. The molecule has 172 valence electrons. The highest BCUT2D eigenvalue weighted by Gasteiger charge is 2.42. The molecule has 5 rings (SSSR count). The number of carbonyl (C=O) groups is 1. The minimum atomic E-state index is -0.354. The topological polar surface area (TPSA) is 58.2 Å². The molecule has 2 heterocycles. The molecule has 0 aliphatic carbocycles. The maximum atomic E-state index is 13.6. The first kappa shape index (κ1) is 21.9. The van der Waals surface area contributed by atoms with Crippen molar-refractivity contribution in [2.45, 2.75) is 32.9 Å². The normalized spacial score (nSPS) is 15.0. The standard InChI is InChI=1S/C28H26FN3O2/c1-3-15-34-23-6-4-5-21(16-23)27-24-25(20-11-7-18(2)8-12-20)30-31-26(24)28(33)32(27)17-19-9-13-22(29)14-10-19/h4-14,16,27H,3,15,17H2,1-2H3,(H,30,31). The van der Waals surface area contributed by atoms with Crippen LogP contribution in [0.2, 0.25) is 0 Å². The van der Waals surface area contributed by atoms with E-state index < -0.39 is 0 Å². The summed E-state index contributed by atoms with van der Waals surface area (Å²) >= 11 is 0. The number of carbonyl (C=O) groups excluding carboxylic acids is 1. The van der Waals surface area contributed by atoms with Crippen LogP contribution in [0.15, 0.2) is 72.8 Å². The van der Waals surface area contributed by atoms with E-state index in [2.05, 4.69) is 17.1 Å². The minimum absolute atomic E-state index is 0.130. The van der Waals surface area contributed by atoms with Crippen molar-refractivity contribution in [1.82, 2.24) is 15.1 Å². The number of aromatic amines is 1. The summed E-state index contributed by atoms with van der Waals surface area (Å²) in [5.41, 5.74) is 6.00. The van der Waals surface area contributed by atoms with E-state index in [1.807, 2.05) is 60.4 Å². The monoisotopic (exact) mass is 455 g/mol. The van der Waals surface area contributed by atoms with Gasteiger partial charge in [0.25, 0.3) is 5.91 Å². The molecular weight excluding hydrogens is 429 g/mol. The maximum Gasteiger partial charge on any atom is 0.273 e. The Kier molecular flexibility index (Phi) is 5.88. The number of benzene rings is 3. The smallest absolute Gasteiger partial charge is 0.273 e. The van der Waals surface area contributed by atoms with E-state index in [1.165, 1.54) is 12.1 Å². The van der Waals surface area contributed by atoms with Gasteiger partial charge in [0.15, 0.2) is 0 Å². The van der Waals surface area contributed by atoms with E-state index >= 15 is 0 Å². The van der Waals surface area contributed by atoms with E-state index in [1.54, 1.807) is 12.1 Å². The summed E-state index contributed by atoms with van der Waals surface area (Å²) in [7, 11) is 0. The van der Waals surface area contributed by atoms with Crippen LogP contribution in [-0.4, -0.2) is 27.6 Å². The second-order valence-corrected chi connectivity index (χ2v) is 8.61. The molecule has 0 saturated heterocycles. The number of hydrogen-bond donors (Lipinski definition) is 1. The van der Waals surface area contributed by atoms with E-state index in [0.29, 0.717) is 18.8 Å². The summed E-state index contributed by atoms with van der Waals surface area (Å²) in [6.07, 6.45) is 0.909. The van der Waals surface area contributed by atoms with Crippen LogP contribution >= 0.6 is 0 Å². The second-order valence-electron chi connectivity index (χ2n) is 8.61. The van der Waals surface area contributed by atoms with Gasteiger partial charge in [-0.05, 0) is 48.7 Å². The van der Waals surface area contributed by atoms with E-state index in [-0.39, 0.29) is 17.8 Å². The predicted octanol–water partition coefficient (Wildman–Crippen LogP) is 6.06. The zero-order valence-electron chi connectivity index (χ0n) is 19.2. The molecule has 1 N–H and O–H groups in total. The third-order valence-corrected chi connectivity index (χ3v) is 6.10. The number of ether oxygens (including phenoxy) is 1. The van der Waals surface area contributed by atoms with Gasteiger partial charge in [0, 0.05) is 17.7 Å². The molecule has 4 aromatic rings. The number of nitrogens with one attached hydrogen (secondary N) is 1. The van der Waals surface area contributed by atoms with E-state index in [4.69, 9.17) is 4.74 Å². The Labute approximate surface area is 198 Å². The molecule has 0 bridgehead atoms. The molecule has 1 amide bonds. The highest BCUT2D eigenvalue weighted by atomic mass is 19.1. The van der Waals surface area contributed by atoms with Crippen LogP contribution in [0, 0.1) is 12.7 Å². The number of aromatic nitrogens is 2. The minimum Gasteiger partial charge on any atom is -0.494 e. The van der Waals surface area contributed by atoms with Crippen LogP contribution in [0.3, 0.4) is 0 Å². The third-order valence-electron chi connectivity index (χ3n) is 6.10. The summed E-state index contributed by atoms with van der Waals surface area (Å²) in [4.78, 5) is 15.4. The molecule has 0 spiro atoms. The van der Waals surface area contributed by atoms with Gasteiger partial charge in [-0.15, -0.1) is 0 Å². The van der Waals surface area contributed by atoms with Crippen molar-refractivity contribution in [1.29, 1.82) is 0 Å². The molecule has 1 aliphatic rings. The molecule has 1 aromatic heterocycles. The van der Waals surface area contributed by atoms with E-state index in [9.17, 15) is 9.18 Å². The Morgan fingerprint density at radius 2 is 1.82 bits per heavy atom. The molecule has 1 unspecified atom stereocenters. The van der Waals surface area contributed by atoms with Crippen LogP contribution in [0.1, 0.15) is 52.1 Å². The molecule has 3 aromatic carbocycles. The largest absolute Gasteiger partial charge is 0.494 e. The lowest BCUT2D eigenvalue weighted by Gasteiger charge is -2.27. The summed E-state index contributed by atoms with van der Waals surface area (Å²) < 4.78 is 19.4. The maximum absolute atomic E-state index is 13.6. The quantitative estimate of drug-likeness (QED) is 0.369. The summed E-state index contributed by atoms with van der Waals surface area (Å²) in [5, 5.41) is 7.53. The van der Waals surface area contributed by atoms with Gasteiger partial charge in [-0.25, -0.2) is 4.39 Å². The first-order valence-electron chi connectivity index (χ1n) is 11.5. The SMILES string of the molecule is CCCOc1cccc(C2c3c(-c4ccc(C)cc4)n[nH]c3C(=O)N2Cc2ccc(F)cc2)c1. The van der Waals surface area contributed by atoms with Gasteiger partial charge in [0.05, 0.1) is 18.3 Å². The number of nitrogens with zero attached hydrogens (tertiary/aromatic N) is 2. The average Bonchev–Trinajstić information content (AvgIpc) is 3.39. The molecule has 5 nitrogen and oxygen atoms in total. The van der Waals surface area contributed by atoms with Crippen molar-refractivity contribution < 1.29 is 13.9 Å². The van der Waals surface area contributed by atoms with Crippen molar-refractivity contribution >= 4 is 5.91 Å². The van der Waals surface area contributed by atoms with Crippen molar-refractivity contribution in [3.63, 3.8) is 0 Å². The number of hydrogen-bond acceptors (Lipinski definition) is 3. The Balaban J connectivity index is 1.61. The Bertz CT molecular complexity index is 1310. The van der Waals surface area contributed by atoms with Gasteiger partial charge in [0.2, 0.25) is 0 Å². The van der Waals surface area contributed by atoms with Gasteiger partial charge >= 0.3 is 0 Å². The van der Waals surface area contributed by atoms with Gasteiger partial charge < -0.3 is 9.64 Å². The molecule has 34 heavy (non-hydrogen) atoms. The third kappa shape index (κ3) is 4.07. The Morgan fingerprint density at radius 1 is 1.06 bits per heavy atom. The molecule has 0 fully saturated rings. The lowest BCUT2D eigenvalue weighted by molar-refractivity contribution is 0.0730. The highest BCUT2D eigenvalue weighted by molar-refractivity contribution is 6.00. The fourth-order valence-corrected chi connectivity index (χ4v) is 4.42. The number of aryl methyl sites for hydroxylation is 1. The first-order chi connectivity index (χ1) is 16.5. The number of H-pyrrole nitrogens is 1. The lowest BCUT2D eigenvalue weighted by atomic mass is 9.95. The van der Waals surface area contributed by atoms with Crippen LogP contribution in [-0.2, 0) is 6.54 Å². The van der Waals surface area contributed by atoms with E-state index in [0.717, 1.165) is 45.7 Å². The predicted molar refractivity (Wildman–Crippen MR) is 129 cm³/mol. The number of rotatable bonds is 7. The number of halogens is 1. The zero-order valence-corrected chi connectivity index (χ0v) is 19.2. The van der Waals surface area contributed by atoms with Gasteiger partial charge in [-0.3, -0.25) is 9.89 Å². The summed E-state index contributed by atoms with van der Waals surface area (Å²) in [5.74, 6) is 0.335. The molecule has 1 atom stereocenters. The molecule has 1 aliphatic heterocycles. The van der Waals surface area contributed by atoms with Crippen LogP contribution in [0.5, 0.6) is 5.75 Å². The number of fused-ring (bicyclic) bond motifs is 1. The molecule has 0 saturated carbocycles. The van der Waals surface area contributed by atoms with Crippen molar-refractivity contribution in [2.24, 2.45) is 0 Å². The van der Waals surface area contributed by atoms with Crippen LogP contribution in [0.4, 0.5) is 4.39 Å². The number of amides is 1. The van der Waals surface area contributed by atoms with Crippen LogP contribution in [0.25, 0.3) is 11.3 Å². The van der Waals surface area contributed by atoms with Crippen LogP contribution < -0.4 is 4.74 Å². The first-order valence-corrected chi connectivity index (χ1v) is 11.5. The fourth-order valence-electron chi connectivity index (χ4n) is 4.42. The second kappa shape index (κ2) is 9.14. The summed E-state index contributed by atoms with van der Waals surface area (Å²) in [6, 6.07) is 21.9. The average molecular weight is 456 g/mol. The fraction of sp³-hybridized carbons (Fsp3) is 0.214. The van der Waals surface area contributed by atoms with Gasteiger partial charge in [0.1, 0.15) is 17.3 Å².